The molecular formula is C41H36N4O. The molecule has 0 radical (unpaired) electrons. The zero-order valence-electron chi connectivity index (χ0n) is 26.6. The van der Waals surface area contributed by atoms with Crippen molar-refractivity contribution in [2.75, 3.05) is 10.1 Å². The molecular weight excluding hydrogens is 564 g/mol. The van der Waals surface area contributed by atoms with E-state index in [-0.39, 0.29) is 5.41 Å². The van der Waals surface area contributed by atoms with E-state index in [0.29, 0.717) is 5.92 Å². The maximum atomic E-state index is 6.52. The van der Waals surface area contributed by atoms with Crippen molar-refractivity contribution in [2.24, 2.45) is 0 Å². The number of hydrogen-bond acceptors (Lipinski definition) is 4. The largest absolute Gasteiger partial charge is 0.294 e. The first kappa shape index (κ1) is 28.1. The van der Waals surface area contributed by atoms with Gasteiger partial charge in [0.05, 0.1) is 33.8 Å². The van der Waals surface area contributed by atoms with Gasteiger partial charge in [0.25, 0.3) is 0 Å². The number of benzene rings is 5. The predicted molar refractivity (Wildman–Crippen MR) is 189 cm³/mol. The number of rotatable bonds is 6. The fourth-order valence-electron chi connectivity index (χ4n) is 6.62. The molecule has 0 saturated heterocycles. The predicted octanol–water partition coefficient (Wildman–Crippen LogP) is 10.8. The summed E-state index contributed by atoms with van der Waals surface area (Å²) < 4.78 is 2.32. The Labute approximate surface area is 269 Å². The van der Waals surface area contributed by atoms with Crippen LogP contribution in [0.15, 0.2) is 140 Å². The molecule has 5 aromatic carbocycles. The standard InChI is InChI=1S/C41H36N4O/c1-28(2)29-23-24-42-40(25-29)43-36-18-9-8-17-34(36)35-22-21-31(27-39(35)43)41(3,4)30-13-12-16-33(26-30)45-38-20-11-10-19-37(38)44(46-45)32-14-6-5-7-15-32/h5-28H,1-4H3. The van der Waals surface area contributed by atoms with Gasteiger partial charge in [-0.05, 0) is 83.3 Å². The summed E-state index contributed by atoms with van der Waals surface area (Å²) in [5.74, 6) is 1.37. The summed E-state index contributed by atoms with van der Waals surface area (Å²) in [6.07, 6.45) is 1.93. The number of nitrogens with zero attached hydrogens (tertiary/aromatic N) is 4. The van der Waals surface area contributed by atoms with E-state index < -0.39 is 0 Å². The van der Waals surface area contributed by atoms with E-state index in [1.165, 1.54) is 27.5 Å². The van der Waals surface area contributed by atoms with Crippen LogP contribution in [0.3, 0.4) is 0 Å². The molecule has 0 fully saturated rings. The number of fused-ring (bicyclic) bond motifs is 4. The lowest BCUT2D eigenvalue weighted by Gasteiger charge is -2.28. The molecule has 3 heterocycles. The highest BCUT2D eigenvalue weighted by Crippen LogP contribution is 2.46. The van der Waals surface area contributed by atoms with Gasteiger partial charge < -0.3 is 0 Å². The highest BCUT2D eigenvalue weighted by molar-refractivity contribution is 6.09. The van der Waals surface area contributed by atoms with Crippen LogP contribution in [0.25, 0.3) is 27.6 Å². The maximum Gasteiger partial charge on any atom is 0.137 e. The summed E-state index contributed by atoms with van der Waals surface area (Å²) in [5.41, 5.74) is 9.70. The molecule has 0 saturated carbocycles. The van der Waals surface area contributed by atoms with Crippen molar-refractivity contribution < 1.29 is 4.94 Å². The molecule has 46 heavy (non-hydrogen) atoms. The molecule has 0 atom stereocenters. The van der Waals surface area contributed by atoms with E-state index in [4.69, 9.17) is 9.92 Å². The summed E-state index contributed by atoms with van der Waals surface area (Å²) in [7, 11) is 0. The summed E-state index contributed by atoms with van der Waals surface area (Å²) >= 11 is 0. The van der Waals surface area contributed by atoms with Gasteiger partial charge in [-0.2, -0.15) is 10.1 Å². The van der Waals surface area contributed by atoms with Gasteiger partial charge in [-0.25, -0.2) is 4.98 Å². The Balaban J connectivity index is 1.22. The van der Waals surface area contributed by atoms with Gasteiger partial charge in [-0.15, -0.1) is 4.94 Å². The van der Waals surface area contributed by atoms with Gasteiger partial charge in [0.15, 0.2) is 0 Å². The Kier molecular flexibility index (Phi) is 6.66. The minimum absolute atomic E-state index is 0.295. The molecule has 0 bridgehead atoms. The molecule has 5 nitrogen and oxygen atoms in total. The van der Waals surface area contributed by atoms with Crippen LogP contribution in [0.5, 0.6) is 0 Å². The van der Waals surface area contributed by atoms with E-state index in [2.05, 4.69) is 141 Å². The number of para-hydroxylation sites is 4. The van der Waals surface area contributed by atoms with E-state index in [9.17, 15) is 0 Å². The molecule has 8 rings (SSSR count). The van der Waals surface area contributed by atoms with Crippen LogP contribution in [0, 0.1) is 0 Å². The lowest BCUT2D eigenvalue weighted by atomic mass is 9.77. The van der Waals surface area contributed by atoms with E-state index in [1.54, 1.807) is 0 Å². The van der Waals surface area contributed by atoms with Gasteiger partial charge >= 0.3 is 0 Å². The molecule has 1 aliphatic heterocycles. The summed E-state index contributed by atoms with van der Waals surface area (Å²) in [6.45, 7) is 9.05. The molecule has 0 spiro atoms. The molecule has 5 heteroatoms. The lowest BCUT2D eigenvalue weighted by Crippen LogP contribution is -2.22. The Bertz CT molecular complexity index is 2220. The lowest BCUT2D eigenvalue weighted by molar-refractivity contribution is 0.156. The van der Waals surface area contributed by atoms with Crippen molar-refractivity contribution in [1.82, 2.24) is 9.55 Å². The highest BCUT2D eigenvalue weighted by atomic mass is 16.8. The molecule has 7 aromatic rings. The van der Waals surface area contributed by atoms with Crippen LogP contribution >= 0.6 is 0 Å². The second kappa shape index (κ2) is 10.9. The second-order valence-electron chi connectivity index (χ2n) is 12.9. The van der Waals surface area contributed by atoms with Gasteiger partial charge in [-0.3, -0.25) is 4.57 Å². The van der Waals surface area contributed by atoms with Gasteiger partial charge in [0.2, 0.25) is 0 Å². The zero-order valence-corrected chi connectivity index (χ0v) is 26.6. The van der Waals surface area contributed by atoms with Gasteiger partial charge in [-0.1, -0.05) is 100 Å². The second-order valence-corrected chi connectivity index (χ2v) is 12.9. The van der Waals surface area contributed by atoms with Gasteiger partial charge in [0.1, 0.15) is 5.82 Å². The monoisotopic (exact) mass is 600 g/mol. The molecule has 0 amide bonds. The number of aromatic nitrogens is 2. The van der Waals surface area contributed by atoms with Crippen LogP contribution in [-0.4, -0.2) is 9.55 Å². The Hall–Kier alpha value is -5.39. The number of hydrogen-bond donors (Lipinski definition) is 0. The highest BCUT2D eigenvalue weighted by Gasteiger charge is 2.31. The third kappa shape index (κ3) is 4.55. The molecule has 0 N–H and O–H groups in total. The van der Waals surface area contributed by atoms with Gasteiger partial charge in [0, 0.05) is 22.4 Å². The number of pyridine rings is 1. The molecule has 0 aliphatic carbocycles. The van der Waals surface area contributed by atoms with Crippen molar-refractivity contribution in [3.63, 3.8) is 0 Å². The zero-order chi connectivity index (χ0) is 31.4. The van der Waals surface area contributed by atoms with Crippen molar-refractivity contribution in [3.8, 4) is 5.82 Å². The van der Waals surface area contributed by atoms with E-state index in [0.717, 1.165) is 39.6 Å². The van der Waals surface area contributed by atoms with Crippen LogP contribution < -0.4 is 10.1 Å². The average molecular weight is 601 g/mol. The maximum absolute atomic E-state index is 6.52. The van der Waals surface area contributed by atoms with Crippen molar-refractivity contribution in [2.45, 2.75) is 39.0 Å². The molecule has 1 aliphatic rings. The first-order valence-corrected chi connectivity index (χ1v) is 15.9. The normalized spacial score (nSPS) is 13.2. The average Bonchev–Trinajstić information content (AvgIpc) is 3.65. The minimum Gasteiger partial charge on any atom is -0.294 e. The molecule has 0 unspecified atom stereocenters. The molecule has 226 valence electrons. The van der Waals surface area contributed by atoms with Crippen LogP contribution in [0.1, 0.15) is 50.3 Å². The van der Waals surface area contributed by atoms with Crippen LogP contribution in [0.2, 0.25) is 0 Å². The summed E-state index contributed by atoms with van der Waals surface area (Å²) in [6, 6.07) is 47.1. The van der Waals surface area contributed by atoms with E-state index >= 15 is 0 Å². The smallest absolute Gasteiger partial charge is 0.137 e. The van der Waals surface area contributed by atoms with Crippen LogP contribution in [-0.2, 0) is 10.4 Å². The summed E-state index contributed by atoms with van der Waals surface area (Å²) in [4.78, 5) is 11.4. The van der Waals surface area contributed by atoms with Crippen molar-refractivity contribution >= 4 is 44.6 Å². The van der Waals surface area contributed by atoms with Crippen LogP contribution in [0.4, 0.5) is 22.7 Å². The Morgan fingerprint density at radius 1 is 0.587 bits per heavy atom. The summed E-state index contributed by atoms with van der Waals surface area (Å²) in [5, 5.41) is 6.27. The number of anilines is 4. The third-order valence-corrected chi connectivity index (χ3v) is 9.34. The topological polar surface area (TPSA) is 33.5 Å². The fraction of sp³-hybridized carbons (Fsp3) is 0.146. The van der Waals surface area contributed by atoms with E-state index in [1.807, 2.05) is 40.6 Å². The minimum atomic E-state index is -0.295. The van der Waals surface area contributed by atoms with Crippen molar-refractivity contribution in [3.05, 3.63) is 156 Å². The Morgan fingerprint density at radius 3 is 2.02 bits per heavy atom. The Morgan fingerprint density at radius 2 is 1.24 bits per heavy atom. The first-order valence-electron chi connectivity index (χ1n) is 15.9. The molecule has 2 aromatic heterocycles. The van der Waals surface area contributed by atoms with Crippen molar-refractivity contribution in [1.29, 1.82) is 0 Å². The fourth-order valence-corrected chi connectivity index (χ4v) is 6.62. The first-order chi connectivity index (χ1) is 22.4. The SMILES string of the molecule is CC(C)c1ccnc(-n2c3ccccc3c3ccc(C(C)(C)c4cccc(N5ON(c6ccccc6)c6ccccc65)c4)cc32)c1. The quantitative estimate of drug-likeness (QED) is 0.190. The third-order valence-electron chi connectivity index (χ3n) is 9.34.